The Hall–Kier alpha value is -3.88. The van der Waals surface area contributed by atoms with Crippen LogP contribution >= 0.6 is 0 Å². The minimum atomic E-state index is -1.45. The molecule has 2 atom stereocenters. The molecule has 9 heteroatoms. The normalized spacial score (nSPS) is 12.3. The molecule has 0 heterocycles. The number of para-hydroxylation sites is 1. The van der Waals surface area contributed by atoms with Crippen LogP contribution in [0, 0.1) is 0 Å². The summed E-state index contributed by atoms with van der Waals surface area (Å²) in [5.41, 5.74) is 1.14. The number of benzene rings is 2. The van der Waals surface area contributed by atoms with E-state index in [0.29, 0.717) is 11.3 Å². The molecule has 2 aromatic carbocycles. The van der Waals surface area contributed by atoms with Crippen LogP contribution in [-0.2, 0) is 20.8 Å². The van der Waals surface area contributed by atoms with Gasteiger partial charge in [0, 0.05) is 12.1 Å². The zero-order chi connectivity index (χ0) is 21.2. The summed E-state index contributed by atoms with van der Waals surface area (Å²) in [6.07, 6.45) is -0.691. The molecule has 0 aliphatic carbocycles. The summed E-state index contributed by atoms with van der Waals surface area (Å²) in [6.45, 7) is 0. The highest BCUT2D eigenvalue weighted by atomic mass is 16.4. The fourth-order valence-electron chi connectivity index (χ4n) is 2.55. The maximum atomic E-state index is 12.5. The van der Waals surface area contributed by atoms with Gasteiger partial charge < -0.3 is 26.2 Å². The first-order valence-electron chi connectivity index (χ1n) is 8.76. The molecule has 2 rings (SSSR count). The molecule has 0 radical (unpaired) electrons. The van der Waals surface area contributed by atoms with E-state index in [1.165, 1.54) is 0 Å². The number of rotatable bonds is 9. The van der Waals surface area contributed by atoms with Gasteiger partial charge in [-0.25, -0.2) is 9.59 Å². The maximum absolute atomic E-state index is 12.5. The molecule has 0 bridgehead atoms. The van der Waals surface area contributed by atoms with Crippen LogP contribution in [0.1, 0.15) is 12.0 Å². The second-order valence-corrected chi connectivity index (χ2v) is 6.20. The molecule has 0 saturated carbocycles. The van der Waals surface area contributed by atoms with Gasteiger partial charge in [0.05, 0.1) is 6.42 Å². The number of anilines is 1. The summed E-state index contributed by atoms with van der Waals surface area (Å²) < 4.78 is 0. The predicted octanol–water partition coefficient (Wildman–Crippen LogP) is 1.46. The van der Waals surface area contributed by atoms with Gasteiger partial charge in [0.25, 0.3) is 0 Å². The number of nitrogens with one attached hydrogen (secondary N) is 3. The highest BCUT2D eigenvalue weighted by Gasteiger charge is 2.28. The summed E-state index contributed by atoms with van der Waals surface area (Å²) in [6, 6.07) is 13.5. The van der Waals surface area contributed by atoms with Gasteiger partial charge in [-0.3, -0.25) is 9.59 Å². The van der Waals surface area contributed by atoms with E-state index in [0.717, 1.165) is 0 Å². The van der Waals surface area contributed by atoms with Crippen LogP contribution in [0.2, 0.25) is 0 Å². The molecule has 0 aromatic heterocycles. The Morgan fingerprint density at radius 1 is 0.793 bits per heavy atom. The van der Waals surface area contributed by atoms with Crippen molar-refractivity contribution in [3.63, 3.8) is 0 Å². The highest BCUT2D eigenvalue weighted by molar-refractivity contribution is 5.96. The number of aliphatic carboxylic acids is 2. The van der Waals surface area contributed by atoms with Crippen LogP contribution in [0.4, 0.5) is 10.5 Å². The minimum Gasteiger partial charge on any atom is -0.481 e. The predicted molar refractivity (Wildman–Crippen MR) is 104 cm³/mol. The average Bonchev–Trinajstić information content (AvgIpc) is 2.68. The van der Waals surface area contributed by atoms with Gasteiger partial charge in [-0.2, -0.15) is 0 Å². The van der Waals surface area contributed by atoms with Crippen molar-refractivity contribution in [2.24, 2.45) is 0 Å². The van der Waals surface area contributed by atoms with Crippen LogP contribution in [0.3, 0.4) is 0 Å². The third-order valence-electron chi connectivity index (χ3n) is 3.93. The SMILES string of the molecule is O=C(O)C[C@H](NC(=O)Nc1ccccc1)C(=O)N[C@@H](Cc1ccccc1)C(=O)O. The third-order valence-corrected chi connectivity index (χ3v) is 3.93. The van der Waals surface area contributed by atoms with Crippen molar-refractivity contribution in [1.82, 2.24) is 10.6 Å². The molecular formula is C20H21N3O6. The second-order valence-electron chi connectivity index (χ2n) is 6.20. The molecule has 0 aliphatic rings. The number of urea groups is 1. The summed E-state index contributed by atoms with van der Waals surface area (Å²) in [7, 11) is 0. The van der Waals surface area contributed by atoms with E-state index in [9.17, 15) is 24.3 Å². The Kier molecular flexibility index (Phi) is 7.72. The van der Waals surface area contributed by atoms with Crippen molar-refractivity contribution >= 4 is 29.6 Å². The molecule has 2 aromatic rings. The lowest BCUT2D eigenvalue weighted by Crippen LogP contribution is -2.53. The van der Waals surface area contributed by atoms with Gasteiger partial charge in [-0.05, 0) is 17.7 Å². The second kappa shape index (κ2) is 10.5. The van der Waals surface area contributed by atoms with Crippen molar-refractivity contribution in [1.29, 1.82) is 0 Å². The molecular weight excluding hydrogens is 378 g/mol. The number of hydrogen-bond donors (Lipinski definition) is 5. The van der Waals surface area contributed by atoms with Crippen molar-refractivity contribution in [3.8, 4) is 0 Å². The maximum Gasteiger partial charge on any atom is 0.326 e. The first kappa shape index (κ1) is 21.4. The number of carbonyl (C=O) groups is 4. The molecule has 0 aliphatic heterocycles. The monoisotopic (exact) mass is 399 g/mol. The van der Waals surface area contributed by atoms with Crippen molar-refractivity contribution in [3.05, 3.63) is 66.2 Å². The first-order chi connectivity index (χ1) is 13.8. The largest absolute Gasteiger partial charge is 0.481 e. The fraction of sp³-hybridized carbons (Fsp3) is 0.200. The molecule has 152 valence electrons. The minimum absolute atomic E-state index is 0.0118. The van der Waals surface area contributed by atoms with Gasteiger partial charge in [-0.1, -0.05) is 48.5 Å². The zero-order valence-corrected chi connectivity index (χ0v) is 15.4. The van der Waals surface area contributed by atoms with Crippen LogP contribution in [0.5, 0.6) is 0 Å². The lowest BCUT2D eigenvalue weighted by atomic mass is 10.1. The summed E-state index contributed by atoms with van der Waals surface area (Å²) in [4.78, 5) is 47.2. The number of carboxylic acid groups (broad SMARTS) is 2. The Bertz CT molecular complexity index is 857. The zero-order valence-electron chi connectivity index (χ0n) is 15.4. The van der Waals surface area contributed by atoms with Gasteiger partial charge >= 0.3 is 18.0 Å². The Labute approximate surface area is 166 Å². The van der Waals surface area contributed by atoms with E-state index in [1.54, 1.807) is 60.7 Å². The number of carbonyl (C=O) groups excluding carboxylic acids is 2. The molecule has 5 N–H and O–H groups in total. The number of hydrogen-bond acceptors (Lipinski definition) is 4. The van der Waals surface area contributed by atoms with Gasteiger partial charge in [0.2, 0.25) is 5.91 Å². The van der Waals surface area contributed by atoms with Crippen LogP contribution < -0.4 is 16.0 Å². The molecule has 0 fully saturated rings. The van der Waals surface area contributed by atoms with E-state index in [4.69, 9.17) is 5.11 Å². The van der Waals surface area contributed by atoms with Gasteiger partial charge in [0.15, 0.2) is 0 Å². The first-order valence-corrected chi connectivity index (χ1v) is 8.76. The molecule has 3 amide bonds. The lowest BCUT2D eigenvalue weighted by molar-refractivity contribution is -0.142. The fourth-order valence-corrected chi connectivity index (χ4v) is 2.55. The Morgan fingerprint density at radius 2 is 1.38 bits per heavy atom. The topological polar surface area (TPSA) is 145 Å². The van der Waals surface area contributed by atoms with Gasteiger partial charge in [0.1, 0.15) is 12.1 Å². The molecule has 0 saturated heterocycles. The molecule has 0 unspecified atom stereocenters. The molecule has 9 nitrogen and oxygen atoms in total. The molecule has 29 heavy (non-hydrogen) atoms. The number of amides is 3. The third kappa shape index (κ3) is 7.33. The van der Waals surface area contributed by atoms with Crippen LogP contribution in [0.15, 0.2) is 60.7 Å². The summed E-state index contributed by atoms with van der Waals surface area (Å²) >= 11 is 0. The van der Waals surface area contributed by atoms with E-state index >= 15 is 0 Å². The van der Waals surface area contributed by atoms with Gasteiger partial charge in [-0.15, -0.1) is 0 Å². The highest BCUT2D eigenvalue weighted by Crippen LogP contribution is 2.06. The van der Waals surface area contributed by atoms with E-state index < -0.39 is 42.4 Å². The standard InChI is InChI=1S/C20H21N3O6/c24-17(25)12-15(23-20(29)21-14-9-5-2-6-10-14)18(26)22-16(19(27)28)11-13-7-3-1-4-8-13/h1-10,15-16H,11-12H2,(H,22,26)(H,24,25)(H,27,28)(H2,21,23,29)/t15-,16-/m0/s1. The summed E-state index contributed by atoms with van der Waals surface area (Å²) in [5, 5.41) is 25.5. The van der Waals surface area contributed by atoms with E-state index in [2.05, 4.69) is 16.0 Å². The van der Waals surface area contributed by atoms with E-state index in [1.807, 2.05) is 0 Å². The molecule has 0 spiro atoms. The smallest absolute Gasteiger partial charge is 0.326 e. The lowest BCUT2D eigenvalue weighted by Gasteiger charge is -2.20. The van der Waals surface area contributed by atoms with Crippen LogP contribution in [-0.4, -0.2) is 46.2 Å². The number of carboxylic acids is 2. The Morgan fingerprint density at radius 3 is 1.93 bits per heavy atom. The van der Waals surface area contributed by atoms with Crippen LogP contribution in [0.25, 0.3) is 0 Å². The quantitative estimate of drug-likeness (QED) is 0.432. The van der Waals surface area contributed by atoms with E-state index in [-0.39, 0.29) is 6.42 Å². The average molecular weight is 399 g/mol. The van der Waals surface area contributed by atoms with Crippen molar-refractivity contribution in [2.45, 2.75) is 24.9 Å². The Balaban J connectivity index is 2.04. The van der Waals surface area contributed by atoms with Crippen molar-refractivity contribution < 1.29 is 29.4 Å². The summed E-state index contributed by atoms with van der Waals surface area (Å²) in [5.74, 6) is -3.50. The van der Waals surface area contributed by atoms with Crippen molar-refractivity contribution in [2.75, 3.05) is 5.32 Å².